The Morgan fingerprint density at radius 2 is 1.91 bits per heavy atom. The molecular formula is C16H17ClN2O2S. The summed E-state index contributed by atoms with van der Waals surface area (Å²) in [6.07, 6.45) is 0. The number of benzene rings is 1. The molecule has 4 nitrogen and oxygen atoms in total. The Bertz CT molecular complexity index is 750. The average molecular weight is 337 g/mol. The number of anilines is 2. The minimum absolute atomic E-state index is 0. The molecule has 22 heavy (non-hydrogen) atoms. The molecule has 1 N–H and O–H groups in total. The molecule has 0 unspecified atom stereocenters. The van der Waals surface area contributed by atoms with Gasteiger partial charge in [-0.05, 0) is 44.2 Å². The van der Waals surface area contributed by atoms with Crippen molar-refractivity contribution in [2.24, 2.45) is 0 Å². The van der Waals surface area contributed by atoms with Gasteiger partial charge in [0, 0.05) is 16.6 Å². The lowest BCUT2D eigenvalue weighted by molar-refractivity contribution is 0.415. The summed E-state index contributed by atoms with van der Waals surface area (Å²) in [4.78, 5) is 4.61. The zero-order valence-corrected chi connectivity index (χ0v) is 14.2. The number of furan rings is 1. The Kier molecular flexibility index (Phi) is 5.11. The van der Waals surface area contributed by atoms with Crippen molar-refractivity contribution in [2.75, 3.05) is 12.4 Å². The van der Waals surface area contributed by atoms with Crippen LogP contribution in [-0.2, 0) is 0 Å². The van der Waals surface area contributed by atoms with Gasteiger partial charge in [0.2, 0.25) is 0 Å². The van der Waals surface area contributed by atoms with E-state index in [4.69, 9.17) is 9.15 Å². The summed E-state index contributed by atoms with van der Waals surface area (Å²) in [5.74, 6) is 2.64. The lowest BCUT2D eigenvalue weighted by Gasteiger charge is -2.03. The van der Waals surface area contributed by atoms with E-state index in [1.807, 2.05) is 49.6 Å². The van der Waals surface area contributed by atoms with Crippen molar-refractivity contribution in [1.82, 2.24) is 4.98 Å². The SMILES string of the molecule is COc1ccc(Nc2nc(-c3cc(C)oc3C)cs2)cc1.Cl. The van der Waals surface area contributed by atoms with Crippen molar-refractivity contribution in [3.05, 3.63) is 47.2 Å². The molecule has 0 spiro atoms. The molecule has 6 heteroatoms. The van der Waals surface area contributed by atoms with Crippen LogP contribution >= 0.6 is 23.7 Å². The molecule has 0 atom stereocenters. The van der Waals surface area contributed by atoms with E-state index in [1.54, 1.807) is 18.4 Å². The van der Waals surface area contributed by atoms with Crippen molar-refractivity contribution >= 4 is 34.6 Å². The first kappa shape index (κ1) is 16.4. The smallest absolute Gasteiger partial charge is 0.187 e. The number of thiazole rings is 1. The minimum Gasteiger partial charge on any atom is -0.497 e. The van der Waals surface area contributed by atoms with Crippen LogP contribution in [0.25, 0.3) is 11.3 Å². The molecule has 2 aromatic heterocycles. The first-order valence-electron chi connectivity index (χ1n) is 6.60. The maximum Gasteiger partial charge on any atom is 0.187 e. The second-order valence-electron chi connectivity index (χ2n) is 4.72. The Labute approximate surface area is 139 Å². The summed E-state index contributed by atoms with van der Waals surface area (Å²) < 4.78 is 10.7. The molecule has 0 radical (unpaired) electrons. The second kappa shape index (κ2) is 6.85. The Morgan fingerprint density at radius 3 is 2.50 bits per heavy atom. The van der Waals surface area contributed by atoms with Crippen LogP contribution in [0.1, 0.15) is 11.5 Å². The molecule has 3 rings (SSSR count). The van der Waals surface area contributed by atoms with Gasteiger partial charge in [-0.2, -0.15) is 0 Å². The first-order chi connectivity index (χ1) is 10.2. The third-order valence-electron chi connectivity index (χ3n) is 3.16. The summed E-state index contributed by atoms with van der Waals surface area (Å²) in [6.45, 7) is 3.90. The van der Waals surface area contributed by atoms with E-state index in [0.717, 1.165) is 39.3 Å². The highest BCUT2D eigenvalue weighted by Crippen LogP contribution is 2.31. The number of nitrogens with zero attached hydrogens (tertiary/aromatic N) is 1. The highest BCUT2D eigenvalue weighted by molar-refractivity contribution is 7.14. The fraction of sp³-hybridized carbons (Fsp3) is 0.188. The van der Waals surface area contributed by atoms with Crippen LogP contribution in [0.3, 0.4) is 0 Å². The van der Waals surface area contributed by atoms with Crippen LogP contribution in [0.4, 0.5) is 10.8 Å². The van der Waals surface area contributed by atoms with E-state index >= 15 is 0 Å². The Balaban J connectivity index is 0.00000176. The number of rotatable bonds is 4. The fourth-order valence-corrected chi connectivity index (χ4v) is 2.87. The van der Waals surface area contributed by atoms with E-state index < -0.39 is 0 Å². The molecular weight excluding hydrogens is 320 g/mol. The average Bonchev–Trinajstić information content (AvgIpc) is 3.06. The quantitative estimate of drug-likeness (QED) is 0.711. The van der Waals surface area contributed by atoms with Gasteiger partial charge < -0.3 is 14.5 Å². The highest BCUT2D eigenvalue weighted by atomic mass is 35.5. The third kappa shape index (κ3) is 3.43. The third-order valence-corrected chi connectivity index (χ3v) is 3.92. The predicted octanol–water partition coefficient (Wildman–Crippen LogP) is 5.19. The van der Waals surface area contributed by atoms with Gasteiger partial charge in [0.25, 0.3) is 0 Å². The predicted molar refractivity (Wildman–Crippen MR) is 92.8 cm³/mol. The lowest BCUT2D eigenvalue weighted by atomic mass is 10.2. The van der Waals surface area contributed by atoms with Gasteiger partial charge >= 0.3 is 0 Å². The van der Waals surface area contributed by atoms with Gasteiger partial charge in [-0.3, -0.25) is 0 Å². The van der Waals surface area contributed by atoms with Crippen molar-refractivity contribution in [3.8, 4) is 17.0 Å². The molecule has 0 saturated heterocycles. The summed E-state index contributed by atoms with van der Waals surface area (Å²) >= 11 is 1.57. The molecule has 0 aliphatic rings. The van der Waals surface area contributed by atoms with E-state index in [2.05, 4.69) is 10.3 Å². The molecule has 0 aliphatic heterocycles. The van der Waals surface area contributed by atoms with Crippen LogP contribution in [0, 0.1) is 13.8 Å². The molecule has 0 amide bonds. The molecule has 0 saturated carbocycles. The van der Waals surface area contributed by atoms with Crippen LogP contribution in [-0.4, -0.2) is 12.1 Å². The van der Waals surface area contributed by atoms with Crippen molar-refractivity contribution in [3.63, 3.8) is 0 Å². The zero-order valence-electron chi connectivity index (χ0n) is 12.5. The maximum absolute atomic E-state index is 5.55. The minimum atomic E-state index is 0. The van der Waals surface area contributed by atoms with Crippen LogP contribution in [0.15, 0.2) is 40.1 Å². The van der Waals surface area contributed by atoms with Crippen molar-refractivity contribution in [1.29, 1.82) is 0 Å². The number of hydrogen-bond acceptors (Lipinski definition) is 5. The monoisotopic (exact) mass is 336 g/mol. The lowest BCUT2D eigenvalue weighted by Crippen LogP contribution is -1.90. The fourth-order valence-electron chi connectivity index (χ4n) is 2.14. The number of nitrogens with one attached hydrogen (secondary N) is 1. The molecule has 2 heterocycles. The standard InChI is InChI=1S/C16H16N2O2S.ClH/c1-10-8-14(11(2)20-10)15-9-21-16(18-15)17-12-4-6-13(19-3)7-5-12;/h4-9H,1-3H3,(H,17,18);1H. The maximum atomic E-state index is 5.55. The van der Waals surface area contributed by atoms with Gasteiger partial charge in [0.05, 0.1) is 12.8 Å². The summed E-state index contributed by atoms with van der Waals surface area (Å²) in [6, 6.07) is 9.78. The van der Waals surface area contributed by atoms with Gasteiger partial charge in [0.1, 0.15) is 17.3 Å². The number of aryl methyl sites for hydroxylation is 2. The van der Waals surface area contributed by atoms with E-state index in [9.17, 15) is 0 Å². The molecule has 116 valence electrons. The van der Waals surface area contributed by atoms with Crippen LogP contribution < -0.4 is 10.1 Å². The molecule has 0 aliphatic carbocycles. The Hall–Kier alpha value is -1.98. The highest BCUT2D eigenvalue weighted by Gasteiger charge is 2.11. The molecule has 0 bridgehead atoms. The molecule has 3 aromatic rings. The van der Waals surface area contributed by atoms with Crippen LogP contribution in [0.5, 0.6) is 5.75 Å². The van der Waals surface area contributed by atoms with Gasteiger partial charge in [-0.25, -0.2) is 4.98 Å². The normalized spacial score (nSPS) is 10.1. The van der Waals surface area contributed by atoms with Gasteiger partial charge in [0.15, 0.2) is 5.13 Å². The number of hydrogen-bond donors (Lipinski definition) is 1. The van der Waals surface area contributed by atoms with E-state index in [0.29, 0.717) is 0 Å². The van der Waals surface area contributed by atoms with Gasteiger partial charge in [-0.1, -0.05) is 0 Å². The number of ether oxygens (including phenoxy) is 1. The topological polar surface area (TPSA) is 47.3 Å². The number of halogens is 1. The van der Waals surface area contributed by atoms with Crippen LogP contribution in [0.2, 0.25) is 0 Å². The summed E-state index contributed by atoms with van der Waals surface area (Å²) in [7, 11) is 1.66. The first-order valence-corrected chi connectivity index (χ1v) is 7.47. The number of methoxy groups -OCH3 is 1. The Morgan fingerprint density at radius 1 is 1.18 bits per heavy atom. The van der Waals surface area contributed by atoms with Gasteiger partial charge in [-0.15, -0.1) is 23.7 Å². The second-order valence-corrected chi connectivity index (χ2v) is 5.58. The largest absolute Gasteiger partial charge is 0.497 e. The van der Waals surface area contributed by atoms with Crippen molar-refractivity contribution < 1.29 is 9.15 Å². The summed E-state index contributed by atoms with van der Waals surface area (Å²) in [5.41, 5.74) is 2.97. The molecule has 1 aromatic carbocycles. The van der Waals surface area contributed by atoms with E-state index in [1.165, 1.54) is 0 Å². The molecule has 0 fully saturated rings. The summed E-state index contributed by atoms with van der Waals surface area (Å²) in [5, 5.41) is 6.18. The van der Waals surface area contributed by atoms with Crippen molar-refractivity contribution in [2.45, 2.75) is 13.8 Å². The van der Waals surface area contributed by atoms with E-state index in [-0.39, 0.29) is 12.4 Å². The number of aromatic nitrogens is 1. The zero-order chi connectivity index (χ0) is 14.8.